The maximum absolute atomic E-state index is 5.90. The summed E-state index contributed by atoms with van der Waals surface area (Å²) in [6.45, 7) is 6.41. The van der Waals surface area contributed by atoms with Gasteiger partial charge in [0, 0.05) is 42.9 Å². The normalized spacial score (nSPS) is 21.6. The average molecular weight is 491 g/mol. The maximum atomic E-state index is 5.90. The van der Waals surface area contributed by atoms with E-state index in [0.717, 1.165) is 36.0 Å². The van der Waals surface area contributed by atoms with Crippen LogP contribution in [0.2, 0.25) is 0 Å². The van der Waals surface area contributed by atoms with Crippen molar-refractivity contribution in [2.75, 3.05) is 26.0 Å². The first-order chi connectivity index (χ1) is 12.2. The topological polar surface area (TPSA) is 54.9 Å². The molecule has 0 aromatic heterocycles. The Balaban J connectivity index is 0.00000243. The minimum Gasteiger partial charge on any atom is -0.494 e. The Morgan fingerprint density at radius 1 is 1.38 bits per heavy atom. The van der Waals surface area contributed by atoms with Gasteiger partial charge in [0.05, 0.1) is 6.61 Å². The quantitative estimate of drug-likeness (QED) is 0.362. The second-order valence-corrected chi connectivity index (χ2v) is 7.98. The largest absolute Gasteiger partial charge is 0.494 e. The predicted molar refractivity (Wildman–Crippen MR) is 121 cm³/mol. The zero-order valence-corrected chi connectivity index (χ0v) is 19.0. The van der Waals surface area contributed by atoms with E-state index in [-0.39, 0.29) is 30.1 Å². The molecule has 0 saturated carbocycles. The lowest BCUT2D eigenvalue weighted by molar-refractivity contribution is 0.254. The molecule has 7 heteroatoms. The molecule has 1 fully saturated rings. The summed E-state index contributed by atoms with van der Waals surface area (Å²) in [6, 6.07) is 4.24. The lowest BCUT2D eigenvalue weighted by Crippen LogP contribution is -2.39. The van der Waals surface area contributed by atoms with Crippen LogP contribution in [-0.4, -0.2) is 43.3 Å². The molecule has 2 atom stereocenters. The number of guanidine groups is 1. The van der Waals surface area contributed by atoms with E-state index in [2.05, 4.69) is 46.4 Å². The van der Waals surface area contributed by atoms with Crippen LogP contribution in [0.5, 0.6) is 11.5 Å². The fraction of sp³-hybridized carbons (Fsp3) is 0.632. The van der Waals surface area contributed by atoms with Crippen molar-refractivity contribution < 1.29 is 9.47 Å². The van der Waals surface area contributed by atoms with Gasteiger partial charge in [-0.2, -0.15) is 11.8 Å². The molecule has 0 aliphatic carbocycles. The number of benzene rings is 1. The average Bonchev–Trinajstić information content (AvgIpc) is 3.23. The molecule has 2 aliphatic heterocycles. The molecule has 2 heterocycles. The summed E-state index contributed by atoms with van der Waals surface area (Å²) >= 11 is 2.05. The molecule has 1 aromatic rings. The van der Waals surface area contributed by atoms with Crippen molar-refractivity contribution in [3.05, 3.63) is 23.3 Å². The highest BCUT2D eigenvalue weighted by molar-refractivity contribution is 14.0. The zero-order valence-electron chi connectivity index (χ0n) is 15.8. The molecule has 0 spiro atoms. The van der Waals surface area contributed by atoms with Crippen molar-refractivity contribution >= 4 is 41.7 Å². The zero-order chi connectivity index (χ0) is 17.6. The Morgan fingerprint density at radius 3 is 2.92 bits per heavy atom. The summed E-state index contributed by atoms with van der Waals surface area (Å²) < 4.78 is 11.7. The highest BCUT2D eigenvalue weighted by Gasteiger charge is 2.22. The molecular formula is C19H30IN3O2S. The molecular weight excluding hydrogens is 461 g/mol. The van der Waals surface area contributed by atoms with Crippen LogP contribution in [0, 0.1) is 0 Å². The van der Waals surface area contributed by atoms with Gasteiger partial charge < -0.3 is 20.1 Å². The number of hydrogen-bond acceptors (Lipinski definition) is 4. The van der Waals surface area contributed by atoms with E-state index in [1.54, 1.807) is 0 Å². The molecule has 2 aliphatic rings. The summed E-state index contributed by atoms with van der Waals surface area (Å²) in [4.78, 5) is 4.34. The second kappa shape index (κ2) is 10.5. The second-order valence-electron chi connectivity index (χ2n) is 6.57. The first-order valence-corrected chi connectivity index (χ1v) is 10.3. The molecule has 146 valence electrons. The van der Waals surface area contributed by atoms with E-state index >= 15 is 0 Å². The number of aliphatic imine (C=N–C) groups is 1. The number of hydrogen-bond donors (Lipinski definition) is 2. The maximum Gasteiger partial charge on any atom is 0.191 e. The molecule has 3 rings (SSSR count). The van der Waals surface area contributed by atoms with E-state index in [1.165, 1.54) is 24.2 Å². The molecule has 0 radical (unpaired) electrons. The van der Waals surface area contributed by atoms with Crippen molar-refractivity contribution in [3.8, 4) is 11.5 Å². The van der Waals surface area contributed by atoms with Gasteiger partial charge in [0.2, 0.25) is 0 Å². The van der Waals surface area contributed by atoms with Crippen LogP contribution >= 0.6 is 35.7 Å². The van der Waals surface area contributed by atoms with Gasteiger partial charge in [-0.1, -0.05) is 0 Å². The molecule has 2 N–H and O–H groups in total. The summed E-state index contributed by atoms with van der Waals surface area (Å²) in [5.41, 5.74) is 2.34. The summed E-state index contributed by atoms with van der Waals surface area (Å²) in [7, 11) is 1.81. The third kappa shape index (κ3) is 5.58. The fourth-order valence-electron chi connectivity index (χ4n) is 3.32. The number of rotatable bonds is 6. The number of nitrogens with one attached hydrogen (secondary N) is 2. The van der Waals surface area contributed by atoms with Gasteiger partial charge in [-0.25, -0.2) is 0 Å². The first kappa shape index (κ1) is 21.5. The van der Waals surface area contributed by atoms with Crippen LogP contribution in [0.1, 0.15) is 37.8 Å². The smallest absolute Gasteiger partial charge is 0.191 e. The van der Waals surface area contributed by atoms with Gasteiger partial charge >= 0.3 is 0 Å². The number of halogens is 1. The van der Waals surface area contributed by atoms with Crippen LogP contribution in [0.25, 0.3) is 0 Å². The van der Waals surface area contributed by atoms with Gasteiger partial charge in [-0.05, 0) is 44.6 Å². The third-order valence-electron chi connectivity index (χ3n) is 4.57. The summed E-state index contributed by atoms with van der Waals surface area (Å²) in [5, 5.41) is 7.54. The van der Waals surface area contributed by atoms with Gasteiger partial charge in [0.25, 0.3) is 0 Å². The number of fused-ring (bicyclic) bond motifs is 1. The van der Waals surface area contributed by atoms with Crippen molar-refractivity contribution in [3.63, 3.8) is 0 Å². The molecule has 1 saturated heterocycles. The van der Waals surface area contributed by atoms with Crippen LogP contribution < -0.4 is 20.1 Å². The fourth-order valence-corrected chi connectivity index (χ4v) is 4.53. The Morgan fingerprint density at radius 2 is 2.23 bits per heavy atom. The lowest BCUT2D eigenvalue weighted by Gasteiger charge is -2.17. The Kier molecular flexibility index (Phi) is 8.66. The van der Waals surface area contributed by atoms with Crippen LogP contribution in [-0.2, 0) is 13.0 Å². The molecule has 2 unspecified atom stereocenters. The highest BCUT2D eigenvalue weighted by atomic mass is 127. The summed E-state index contributed by atoms with van der Waals surface area (Å²) in [6.07, 6.45) is 3.81. The van der Waals surface area contributed by atoms with Gasteiger partial charge in [-0.15, -0.1) is 24.0 Å². The van der Waals surface area contributed by atoms with Crippen LogP contribution in [0.15, 0.2) is 17.1 Å². The highest BCUT2D eigenvalue weighted by Crippen LogP contribution is 2.35. The Hall–Kier alpha value is -0.830. The SMILES string of the molecule is CCOc1cc2c(cc1CNC(=NC)NCC1CCCS1)OC(C)C2.I. The van der Waals surface area contributed by atoms with Crippen molar-refractivity contribution in [2.24, 2.45) is 4.99 Å². The molecule has 0 bridgehead atoms. The Bertz CT molecular complexity index is 621. The predicted octanol–water partition coefficient (Wildman–Crippen LogP) is 3.59. The molecule has 1 aromatic carbocycles. The number of ether oxygens (including phenoxy) is 2. The minimum absolute atomic E-state index is 0. The van der Waals surface area contributed by atoms with Crippen molar-refractivity contribution in [1.82, 2.24) is 10.6 Å². The lowest BCUT2D eigenvalue weighted by atomic mass is 10.1. The van der Waals surface area contributed by atoms with Crippen molar-refractivity contribution in [2.45, 2.75) is 51.0 Å². The molecule has 5 nitrogen and oxygen atoms in total. The van der Waals surface area contributed by atoms with Gasteiger partial charge in [-0.3, -0.25) is 4.99 Å². The van der Waals surface area contributed by atoms with E-state index in [1.807, 2.05) is 14.0 Å². The van der Waals surface area contributed by atoms with Gasteiger partial charge in [0.15, 0.2) is 5.96 Å². The van der Waals surface area contributed by atoms with Crippen LogP contribution in [0.4, 0.5) is 0 Å². The molecule has 0 amide bonds. The van der Waals surface area contributed by atoms with E-state index < -0.39 is 0 Å². The first-order valence-electron chi connectivity index (χ1n) is 9.21. The Labute approximate surface area is 178 Å². The molecule has 26 heavy (non-hydrogen) atoms. The standard InChI is InChI=1S/C19H29N3O2S.HI/c1-4-23-17-9-14-8-13(2)24-18(14)10-15(17)11-21-19(20-3)22-12-16-6-5-7-25-16;/h9-10,13,16H,4-8,11-12H2,1-3H3,(H2,20,21,22);1H. The monoisotopic (exact) mass is 491 g/mol. The van der Waals surface area contributed by atoms with E-state index in [0.29, 0.717) is 18.4 Å². The third-order valence-corrected chi connectivity index (χ3v) is 5.97. The van der Waals surface area contributed by atoms with Crippen LogP contribution in [0.3, 0.4) is 0 Å². The minimum atomic E-state index is 0. The number of thioether (sulfide) groups is 1. The van der Waals surface area contributed by atoms with Crippen molar-refractivity contribution in [1.29, 1.82) is 0 Å². The van der Waals surface area contributed by atoms with E-state index in [4.69, 9.17) is 9.47 Å². The van der Waals surface area contributed by atoms with Gasteiger partial charge in [0.1, 0.15) is 17.6 Å². The number of nitrogens with zero attached hydrogens (tertiary/aromatic N) is 1. The van der Waals surface area contributed by atoms with E-state index in [9.17, 15) is 0 Å². The summed E-state index contributed by atoms with van der Waals surface area (Å²) in [5.74, 6) is 4.04.